The van der Waals surface area contributed by atoms with Crippen LogP contribution in [0.15, 0.2) is 28.9 Å². The van der Waals surface area contributed by atoms with Gasteiger partial charge in [0.15, 0.2) is 0 Å². The maximum Gasteiger partial charge on any atom is 0.420 e. The first-order valence-electron chi connectivity index (χ1n) is 11.1. The lowest BCUT2D eigenvalue weighted by molar-refractivity contribution is 0.0605. The van der Waals surface area contributed by atoms with Crippen LogP contribution in [0.1, 0.15) is 56.5 Å². The largest absolute Gasteiger partial charge is 0.481 e. The van der Waals surface area contributed by atoms with Crippen molar-refractivity contribution in [3.05, 3.63) is 40.8 Å². The molecule has 0 bridgehead atoms. The first-order chi connectivity index (χ1) is 16.1. The van der Waals surface area contributed by atoms with Gasteiger partial charge in [0.05, 0.1) is 12.7 Å². The third-order valence-electron chi connectivity index (χ3n) is 5.64. The molecule has 1 atom stereocenters. The predicted octanol–water partition coefficient (Wildman–Crippen LogP) is 4.14. The van der Waals surface area contributed by atoms with E-state index in [1.54, 1.807) is 11.8 Å². The number of ether oxygens (including phenoxy) is 1. The highest BCUT2D eigenvalue weighted by molar-refractivity contribution is 6.23. The van der Waals surface area contributed by atoms with Crippen molar-refractivity contribution in [1.82, 2.24) is 14.7 Å². The zero-order valence-corrected chi connectivity index (χ0v) is 20.0. The molecule has 1 aromatic rings. The summed E-state index contributed by atoms with van der Waals surface area (Å²) in [5, 5.41) is 19.1. The minimum absolute atomic E-state index is 0.0954. The molecule has 1 aliphatic rings. The Morgan fingerprint density at radius 2 is 1.76 bits per heavy atom. The lowest BCUT2D eigenvalue weighted by Crippen LogP contribution is -2.53. The van der Waals surface area contributed by atoms with E-state index in [2.05, 4.69) is 4.99 Å². The van der Waals surface area contributed by atoms with Crippen molar-refractivity contribution >= 4 is 29.6 Å². The summed E-state index contributed by atoms with van der Waals surface area (Å²) in [5.74, 6) is -0.987. The highest BCUT2D eigenvalue weighted by Gasteiger charge is 2.40. The van der Waals surface area contributed by atoms with Crippen LogP contribution in [0, 0.1) is 5.82 Å². The molecular formula is C23H31FN4O6. The molecule has 1 heterocycles. The van der Waals surface area contributed by atoms with E-state index in [0.29, 0.717) is 30.8 Å². The number of nitrogens with zero attached hydrogens (tertiary/aromatic N) is 4. The van der Waals surface area contributed by atoms with Gasteiger partial charge < -0.3 is 24.7 Å². The van der Waals surface area contributed by atoms with Crippen LogP contribution in [0.3, 0.4) is 0 Å². The number of carbonyl (C=O) groups is 3. The van der Waals surface area contributed by atoms with E-state index in [-0.39, 0.29) is 34.4 Å². The molecule has 0 aliphatic carbocycles. The molecule has 11 heteroatoms. The minimum Gasteiger partial charge on any atom is -0.481 e. The van der Waals surface area contributed by atoms with Gasteiger partial charge >= 0.3 is 12.2 Å². The van der Waals surface area contributed by atoms with Crippen molar-refractivity contribution in [3.8, 4) is 0 Å². The van der Waals surface area contributed by atoms with Crippen molar-refractivity contribution in [2.24, 2.45) is 4.99 Å². The minimum atomic E-state index is -1.70. The quantitative estimate of drug-likeness (QED) is 0.576. The number of hydrogen-bond acceptors (Lipinski definition) is 6. The number of hydrogen-bond donors (Lipinski definition) is 2. The number of benzene rings is 1. The van der Waals surface area contributed by atoms with E-state index in [4.69, 9.17) is 4.74 Å². The fourth-order valence-electron chi connectivity index (χ4n) is 3.85. The third-order valence-corrected chi connectivity index (χ3v) is 5.64. The van der Waals surface area contributed by atoms with Gasteiger partial charge in [-0.2, -0.15) is 4.90 Å². The molecule has 1 aromatic carbocycles. The van der Waals surface area contributed by atoms with Crippen molar-refractivity contribution in [1.29, 1.82) is 0 Å². The van der Waals surface area contributed by atoms with Crippen LogP contribution in [0.5, 0.6) is 0 Å². The number of carbonyl (C=O) groups excluding carboxylic acids is 1. The topological polar surface area (TPSA) is 123 Å². The molecule has 0 spiro atoms. The van der Waals surface area contributed by atoms with Gasteiger partial charge in [-0.15, -0.1) is 0 Å². The summed E-state index contributed by atoms with van der Waals surface area (Å²) < 4.78 is 19.8. The Morgan fingerprint density at radius 3 is 2.26 bits per heavy atom. The van der Waals surface area contributed by atoms with E-state index in [1.165, 1.54) is 30.2 Å². The van der Waals surface area contributed by atoms with E-state index < -0.39 is 24.3 Å². The van der Waals surface area contributed by atoms with Crippen LogP contribution in [0.4, 0.5) is 14.0 Å². The number of halogens is 1. The highest BCUT2D eigenvalue weighted by Crippen LogP contribution is 2.34. The van der Waals surface area contributed by atoms with Crippen molar-refractivity contribution < 1.29 is 33.7 Å². The Kier molecular flexibility index (Phi) is 8.99. The number of aliphatic imine (C=N–C) groups is 1. The zero-order valence-electron chi connectivity index (χ0n) is 20.0. The molecule has 0 radical (unpaired) electrons. The number of rotatable bonds is 8. The first kappa shape index (κ1) is 26.6. The van der Waals surface area contributed by atoms with Crippen LogP contribution < -0.4 is 0 Å². The molecule has 3 amide bonds. The molecule has 0 saturated heterocycles. The Morgan fingerprint density at radius 1 is 1.15 bits per heavy atom. The van der Waals surface area contributed by atoms with Crippen LogP contribution in [-0.2, 0) is 4.74 Å². The Bertz CT molecular complexity index is 991. The number of unbranched alkanes of at least 4 members (excludes halogenated alkanes) is 1. The van der Waals surface area contributed by atoms with E-state index in [0.717, 1.165) is 6.42 Å². The molecule has 0 aromatic heterocycles. The fourth-order valence-corrected chi connectivity index (χ4v) is 3.85. The van der Waals surface area contributed by atoms with Crippen LogP contribution in [0.2, 0.25) is 0 Å². The fraction of sp³-hybridized carbons (Fsp3) is 0.478. The Labute approximate surface area is 197 Å². The van der Waals surface area contributed by atoms with Crippen LogP contribution >= 0.6 is 0 Å². The van der Waals surface area contributed by atoms with E-state index >= 15 is 0 Å². The summed E-state index contributed by atoms with van der Waals surface area (Å²) in [5.41, 5.74) is 1.16. The van der Waals surface area contributed by atoms with Crippen molar-refractivity contribution in [2.75, 3.05) is 26.7 Å². The average molecular weight is 479 g/mol. The van der Waals surface area contributed by atoms with Gasteiger partial charge in [-0.1, -0.05) is 13.3 Å². The SMILES string of the molecule is CCCCN1C(C)=C(c2cc(F)ccc2C(=O)N(CC)CC)C(OC)=NC1N(C(=O)O)C(=O)O. The van der Waals surface area contributed by atoms with Gasteiger partial charge in [0.1, 0.15) is 5.82 Å². The second-order valence-corrected chi connectivity index (χ2v) is 7.59. The van der Waals surface area contributed by atoms with Gasteiger partial charge in [0.25, 0.3) is 5.91 Å². The molecule has 0 fully saturated rings. The maximum absolute atomic E-state index is 14.4. The lowest BCUT2D eigenvalue weighted by atomic mass is 9.95. The molecule has 2 N–H and O–H groups in total. The zero-order chi connectivity index (χ0) is 25.6. The number of imide groups is 1. The molecule has 34 heavy (non-hydrogen) atoms. The Balaban J connectivity index is 2.78. The van der Waals surface area contributed by atoms with E-state index in [9.17, 15) is 29.0 Å². The van der Waals surface area contributed by atoms with Gasteiger partial charge in [0.2, 0.25) is 12.2 Å². The second kappa shape index (κ2) is 11.5. The normalized spacial score (nSPS) is 15.6. The molecule has 1 aliphatic heterocycles. The van der Waals surface area contributed by atoms with Gasteiger partial charge in [-0.3, -0.25) is 4.79 Å². The van der Waals surface area contributed by atoms with Crippen LogP contribution in [-0.4, -0.2) is 81.9 Å². The standard InChI is InChI=1S/C23H31FN4O6/c1-6-9-12-27-14(4)18(19(34-5)25-21(27)28(22(30)31)23(32)33)17-13-15(24)10-11-16(17)20(29)26(7-2)8-3/h10-11,13,21H,6-9,12H2,1-5H3,(H,30,31)(H,32,33). The number of amides is 3. The molecule has 10 nitrogen and oxygen atoms in total. The summed E-state index contributed by atoms with van der Waals surface area (Å²) in [6.45, 7) is 8.43. The van der Waals surface area contributed by atoms with Crippen LogP contribution in [0.25, 0.3) is 5.57 Å². The molecule has 2 rings (SSSR count). The monoisotopic (exact) mass is 478 g/mol. The maximum atomic E-state index is 14.4. The highest BCUT2D eigenvalue weighted by atomic mass is 19.1. The predicted molar refractivity (Wildman–Crippen MR) is 124 cm³/mol. The average Bonchev–Trinajstić information content (AvgIpc) is 2.78. The summed E-state index contributed by atoms with van der Waals surface area (Å²) in [7, 11) is 1.29. The second-order valence-electron chi connectivity index (χ2n) is 7.59. The molecule has 1 unspecified atom stereocenters. The number of carboxylic acid groups (broad SMARTS) is 2. The Hall–Kier alpha value is -3.63. The van der Waals surface area contributed by atoms with Crippen molar-refractivity contribution in [3.63, 3.8) is 0 Å². The van der Waals surface area contributed by atoms with Crippen molar-refractivity contribution in [2.45, 2.75) is 46.8 Å². The molecule has 186 valence electrons. The van der Waals surface area contributed by atoms with E-state index in [1.807, 2.05) is 20.8 Å². The van der Waals surface area contributed by atoms with Gasteiger partial charge in [0, 0.05) is 36.5 Å². The number of methoxy groups -OCH3 is 1. The third kappa shape index (κ3) is 5.29. The summed E-state index contributed by atoms with van der Waals surface area (Å²) in [6.07, 6.45) is -3.47. The van der Waals surface area contributed by atoms with Gasteiger partial charge in [-0.05, 0) is 45.4 Å². The molecular weight excluding hydrogens is 447 g/mol. The summed E-state index contributed by atoms with van der Waals surface area (Å²) >= 11 is 0. The lowest BCUT2D eigenvalue weighted by Gasteiger charge is -2.39. The first-order valence-corrected chi connectivity index (χ1v) is 11.1. The summed E-state index contributed by atoms with van der Waals surface area (Å²) in [6, 6.07) is 3.79. The smallest absolute Gasteiger partial charge is 0.420 e. The molecule has 0 saturated carbocycles. The number of allylic oxidation sites excluding steroid dienone is 1. The van der Waals surface area contributed by atoms with Gasteiger partial charge in [-0.25, -0.2) is 19.0 Å². The summed E-state index contributed by atoms with van der Waals surface area (Å²) in [4.78, 5) is 44.2.